The lowest BCUT2D eigenvalue weighted by Crippen LogP contribution is -2.50. The Morgan fingerprint density at radius 3 is 2.84 bits per heavy atom. The summed E-state index contributed by atoms with van der Waals surface area (Å²) in [6.07, 6.45) is 0. The Bertz CT molecular complexity index is 422. The first-order valence-corrected chi connectivity index (χ1v) is 7.44. The summed E-state index contributed by atoms with van der Waals surface area (Å²) < 4.78 is 0. The highest BCUT2D eigenvalue weighted by Crippen LogP contribution is 2.27. The van der Waals surface area contributed by atoms with Gasteiger partial charge in [0.2, 0.25) is 0 Å². The zero-order chi connectivity index (χ0) is 13.8. The highest BCUT2D eigenvalue weighted by atomic mass is 35.5. The van der Waals surface area contributed by atoms with Crippen molar-refractivity contribution >= 4 is 17.3 Å². The van der Waals surface area contributed by atoms with Crippen molar-refractivity contribution < 1.29 is 0 Å². The van der Waals surface area contributed by atoms with Crippen LogP contribution in [0.4, 0.5) is 5.69 Å². The molecule has 1 fully saturated rings. The molecule has 1 aromatic rings. The van der Waals surface area contributed by atoms with Crippen LogP contribution in [0.3, 0.4) is 0 Å². The molecule has 106 valence electrons. The summed E-state index contributed by atoms with van der Waals surface area (Å²) in [7, 11) is 2.19. The summed E-state index contributed by atoms with van der Waals surface area (Å²) in [6, 6.07) is 6.81. The smallest absolute Gasteiger partial charge is 0.0427 e. The van der Waals surface area contributed by atoms with Crippen molar-refractivity contribution in [3.05, 3.63) is 28.8 Å². The Balaban J connectivity index is 2.19. The lowest BCUT2D eigenvalue weighted by atomic mass is 10.1. The van der Waals surface area contributed by atoms with Crippen molar-refractivity contribution in [3.8, 4) is 0 Å². The molecule has 0 amide bonds. The molecule has 1 aromatic carbocycles. The highest BCUT2D eigenvalue weighted by Gasteiger charge is 2.22. The molecule has 2 rings (SSSR count). The van der Waals surface area contributed by atoms with Crippen molar-refractivity contribution in [1.82, 2.24) is 10.2 Å². The van der Waals surface area contributed by atoms with Crippen molar-refractivity contribution in [2.24, 2.45) is 0 Å². The maximum atomic E-state index is 6.18. The van der Waals surface area contributed by atoms with E-state index in [0.717, 1.165) is 37.7 Å². The molecule has 1 heterocycles. The topological polar surface area (TPSA) is 18.5 Å². The summed E-state index contributed by atoms with van der Waals surface area (Å²) in [5.41, 5.74) is 2.62. The standard InChI is InChI=1S/C15H24ClN3/c1-4-17-10-13-5-6-14(16)9-15(13)19-8-7-18(3)12(2)11-19/h5-6,9,12,17H,4,7-8,10-11H2,1-3H3. The second kappa shape index (κ2) is 6.60. The molecule has 1 aliphatic rings. The maximum Gasteiger partial charge on any atom is 0.0427 e. The van der Waals surface area contributed by atoms with Gasteiger partial charge in [0, 0.05) is 42.9 Å². The molecule has 0 saturated carbocycles. The molecule has 1 unspecified atom stereocenters. The monoisotopic (exact) mass is 281 g/mol. The van der Waals surface area contributed by atoms with Gasteiger partial charge in [-0.3, -0.25) is 0 Å². The summed E-state index contributed by atoms with van der Waals surface area (Å²) in [5.74, 6) is 0. The van der Waals surface area contributed by atoms with Crippen LogP contribution in [-0.4, -0.2) is 44.2 Å². The Hall–Kier alpha value is -0.770. The van der Waals surface area contributed by atoms with E-state index in [1.54, 1.807) is 0 Å². The van der Waals surface area contributed by atoms with E-state index in [1.165, 1.54) is 11.3 Å². The zero-order valence-corrected chi connectivity index (χ0v) is 12.9. The summed E-state index contributed by atoms with van der Waals surface area (Å²) >= 11 is 6.18. The molecule has 0 bridgehead atoms. The van der Waals surface area contributed by atoms with Gasteiger partial charge < -0.3 is 15.1 Å². The number of hydrogen-bond donors (Lipinski definition) is 1. The van der Waals surface area contributed by atoms with Crippen molar-refractivity contribution in [2.45, 2.75) is 26.4 Å². The molecule has 1 aliphatic heterocycles. The number of piperazine rings is 1. The van der Waals surface area contributed by atoms with Gasteiger partial charge in [-0.1, -0.05) is 24.6 Å². The SMILES string of the molecule is CCNCc1ccc(Cl)cc1N1CCN(C)C(C)C1. The van der Waals surface area contributed by atoms with E-state index in [1.807, 2.05) is 6.07 Å². The van der Waals surface area contributed by atoms with Crippen LogP contribution in [0.25, 0.3) is 0 Å². The first kappa shape index (κ1) is 14.6. The Labute approximate surface area is 121 Å². The number of nitrogens with zero attached hydrogens (tertiary/aromatic N) is 2. The summed E-state index contributed by atoms with van der Waals surface area (Å²) in [6.45, 7) is 9.55. The number of nitrogens with one attached hydrogen (secondary N) is 1. The molecule has 19 heavy (non-hydrogen) atoms. The maximum absolute atomic E-state index is 6.18. The van der Waals surface area contributed by atoms with Crippen LogP contribution < -0.4 is 10.2 Å². The van der Waals surface area contributed by atoms with Crippen molar-refractivity contribution in [1.29, 1.82) is 0 Å². The van der Waals surface area contributed by atoms with Crippen molar-refractivity contribution in [3.63, 3.8) is 0 Å². The molecule has 1 saturated heterocycles. The van der Waals surface area contributed by atoms with E-state index in [0.29, 0.717) is 6.04 Å². The number of rotatable bonds is 4. The van der Waals surface area contributed by atoms with Crippen molar-refractivity contribution in [2.75, 3.05) is 38.1 Å². The number of likely N-dealkylation sites (N-methyl/N-ethyl adjacent to an activating group) is 1. The van der Waals surface area contributed by atoms with Gasteiger partial charge in [-0.05, 0) is 38.2 Å². The number of benzene rings is 1. The molecule has 3 nitrogen and oxygen atoms in total. The first-order valence-electron chi connectivity index (χ1n) is 7.06. The molecule has 0 radical (unpaired) electrons. The highest BCUT2D eigenvalue weighted by molar-refractivity contribution is 6.30. The molecular formula is C15H24ClN3. The second-order valence-corrected chi connectivity index (χ2v) is 5.77. The van der Waals surface area contributed by atoms with Crippen LogP contribution in [0.2, 0.25) is 5.02 Å². The molecule has 1 N–H and O–H groups in total. The summed E-state index contributed by atoms with van der Waals surface area (Å²) in [4.78, 5) is 4.87. The van der Waals surface area contributed by atoms with E-state index in [9.17, 15) is 0 Å². The fourth-order valence-electron chi connectivity index (χ4n) is 2.51. The lowest BCUT2D eigenvalue weighted by molar-refractivity contribution is 0.234. The molecule has 0 aromatic heterocycles. The molecular weight excluding hydrogens is 258 g/mol. The van der Waals surface area contributed by atoms with E-state index < -0.39 is 0 Å². The van der Waals surface area contributed by atoms with E-state index in [2.05, 4.69) is 48.1 Å². The minimum Gasteiger partial charge on any atom is -0.368 e. The van der Waals surface area contributed by atoms with Crippen LogP contribution in [0.15, 0.2) is 18.2 Å². The molecule has 0 spiro atoms. The Kier molecular flexibility index (Phi) is 5.08. The van der Waals surface area contributed by atoms with Crippen LogP contribution in [-0.2, 0) is 6.54 Å². The van der Waals surface area contributed by atoms with Gasteiger partial charge in [-0.25, -0.2) is 0 Å². The average molecular weight is 282 g/mol. The number of halogens is 1. The van der Waals surface area contributed by atoms with Crippen LogP contribution in [0.1, 0.15) is 19.4 Å². The minimum absolute atomic E-state index is 0.583. The van der Waals surface area contributed by atoms with Crippen LogP contribution >= 0.6 is 11.6 Å². The molecule has 4 heteroatoms. The van der Waals surface area contributed by atoms with Gasteiger partial charge in [-0.15, -0.1) is 0 Å². The van der Waals surface area contributed by atoms with Gasteiger partial charge in [0.05, 0.1) is 0 Å². The van der Waals surface area contributed by atoms with Gasteiger partial charge in [0.25, 0.3) is 0 Å². The van der Waals surface area contributed by atoms with E-state index >= 15 is 0 Å². The normalized spacial score (nSPS) is 20.8. The quantitative estimate of drug-likeness (QED) is 0.915. The van der Waals surface area contributed by atoms with Gasteiger partial charge in [-0.2, -0.15) is 0 Å². The van der Waals surface area contributed by atoms with Gasteiger partial charge in [0.15, 0.2) is 0 Å². The zero-order valence-electron chi connectivity index (χ0n) is 12.1. The second-order valence-electron chi connectivity index (χ2n) is 5.33. The van der Waals surface area contributed by atoms with E-state index in [-0.39, 0.29) is 0 Å². The van der Waals surface area contributed by atoms with Gasteiger partial charge >= 0.3 is 0 Å². The third-order valence-electron chi connectivity index (χ3n) is 3.91. The predicted octanol–water partition coefficient (Wildman–Crippen LogP) is 2.59. The fourth-order valence-corrected chi connectivity index (χ4v) is 2.67. The lowest BCUT2D eigenvalue weighted by Gasteiger charge is -2.39. The van der Waals surface area contributed by atoms with E-state index in [4.69, 9.17) is 11.6 Å². The number of hydrogen-bond acceptors (Lipinski definition) is 3. The van der Waals surface area contributed by atoms with Gasteiger partial charge in [0.1, 0.15) is 0 Å². The average Bonchev–Trinajstić information content (AvgIpc) is 2.40. The largest absolute Gasteiger partial charge is 0.368 e. The minimum atomic E-state index is 0.583. The van der Waals surface area contributed by atoms with Crippen LogP contribution in [0, 0.1) is 0 Å². The Morgan fingerprint density at radius 1 is 1.37 bits per heavy atom. The third-order valence-corrected chi connectivity index (χ3v) is 4.15. The molecule has 1 atom stereocenters. The first-order chi connectivity index (χ1) is 9.11. The Morgan fingerprint density at radius 2 is 2.16 bits per heavy atom. The third kappa shape index (κ3) is 3.62. The number of anilines is 1. The fraction of sp³-hybridized carbons (Fsp3) is 0.600. The molecule has 0 aliphatic carbocycles. The predicted molar refractivity (Wildman–Crippen MR) is 83.1 cm³/mol. The van der Waals surface area contributed by atoms with Crippen LogP contribution in [0.5, 0.6) is 0 Å². The summed E-state index contributed by atoms with van der Waals surface area (Å²) in [5, 5.41) is 4.22.